The second-order valence-corrected chi connectivity index (χ2v) is 7.99. The van der Waals surface area contributed by atoms with E-state index in [0.29, 0.717) is 34.5 Å². The van der Waals surface area contributed by atoms with Crippen molar-refractivity contribution < 1.29 is 19.0 Å². The molecule has 0 saturated carbocycles. The van der Waals surface area contributed by atoms with E-state index >= 15 is 0 Å². The normalized spacial score (nSPS) is 12.6. The topological polar surface area (TPSA) is 64.1 Å². The summed E-state index contributed by atoms with van der Waals surface area (Å²) in [6, 6.07) is 11.1. The van der Waals surface area contributed by atoms with Crippen molar-refractivity contribution in [3.05, 3.63) is 42.0 Å². The lowest BCUT2D eigenvalue weighted by Crippen LogP contribution is -2.33. The number of carbonyl (C=O) groups is 1. The SMILES string of the molecule is COc1cccc2sc(N(CCCN(C)C)C(=O)c3ccc4c(c3)OCO4)nc12. The summed E-state index contributed by atoms with van der Waals surface area (Å²) in [6.07, 6.45) is 0.830. The van der Waals surface area contributed by atoms with E-state index in [1.165, 1.54) is 11.3 Å². The Labute approximate surface area is 173 Å². The van der Waals surface area contributed by atoms with E-state index in [1.54, 1.807) is 30.2 Å². The Kier molecular flexibility index (Phi) is 5.55. The molecule has 0 radical (unpaired) electrons. The maximum Gasteiger partial charge on any atom is 0.260 e. The quantitative estimate of drug-likeness (QED) is 0.589. The average Bonchev–Trinajstić information content (AvgIpc) is 3.36. The minimum Gasteiger partial charge on any atom is -0.494 e. The predicted octanol–water partition coefficient (Wildman–Crippen LogP) is 3.63. The number of benzene rings is 2. The molecule has 3 aromatic rings. The second kappa shape index (κ2) is 8.26. The Hall–Kier alpha value is -2.84. The minimum atomic E-state index is -0.111. The van der Waals surface area contributed by atoms with Crippen LogP contribution in [-0.2, 0) is 0 Å². The molecule has 0 N–H and O–H groups in total. The molecule has 0 atom stereocenters. The summed E-state index contributed by atoms with van der Waals surface area (Å²) in [5.41, 5.74) is 1.32. The standard InChI is InChI=1S/C21H23N3O4S/c1-23(2)10-5-11-24(20(25)14-8-9-15-17(12-14)28-13-27-15)21-22-19-16(26-3)6-4-7-18(19)29-21/h4,6-9,12H,5,10-11,13H2,1-3H3. The smallest absolute Gasteiger partial charge is 0.260 e. The van der Waals surface area contributed by atoms with Crippen LogP contribution in [0.4, 0.5) is 5.13 Å². The molecule has 1 aliphatic rings. The van der Waals surface area contributed by atoms with Gasteiger partial charge < -0.3 is 19.1 Å². The maximum atomic E-state index is 13.4. The lowest BCUT2D eigenvalue weighted by atomic mass is 10.1. The molecule has 29 heavy (non-hydrogen) atoms. The van der Waals surface area contributed by atoms with Gasteiger partial charge in [-0.15, -0.1) is 0 Å². The zero-order valence-electron chi connectivity index (χ0n) is 16.7. The van der Waals surface area contributed by atoms with Gasteiger partial charge >= 0.3 is 0 Å². The largest absolute Gasteiger partial charge is 0.494 e. The molecule has 1 aromatic heterocycles. The molecule has 0 bridgehead atoms. The van der Waals surface area contributed by atoms with Crippen LogP contribution in [0.2, 0.25) is 0 Å². The van der Waals surface area contributed by atoms with Crippen molar-refractivity contribution >= 4 is 32.6 Å². The first-order valence-electron chi connectivity index (χ1n) is 9.36. The minimum absolute atomic E-state index is 0.111. The van der Waals surface area contributed by atoms with Crippen LogP contribution >= 0.6 is 11.3 Å². The Morgan fingerprint density at radius 2 is 2.00 bits per heavy atom. The monoisotopic (exact) mass is 413 g/mol. The molecule has 0 unspecified atom stereocenters. The summed E-state index contributed by atoms with van der Waals surface area (Å²) in [6.45, 7) is 1.61. The van der Waals surface area contributed by atoms with Crippen molar-refractivity contribution in [1.82, 2.24) is 9.88 Å². The zero-order chi connectivity index (χ0) is 20.4. The van der Waals surface area contributed by atoms with E-state index in [-0.39, 0.29) is 12.7 Å². The summed E-state index contributed by atoms with van der Waals surface area (Å²) in [7, 11) is 5.67. The van der Waals surface area contributed by atoms with Crippen LogP contribution in [0.25, 0.3) is 10.2 Å². The number of para-hydroxylation sites is 1. The second-order valence-electron chi connectivity index (χ2n) is 6.99. The highest BCUT2D eigenvalue weighted by molar-refractivity contribution is 7.22. The highest BCUT2D eigenvalue weighted by Crippen LogP contribution is 2.36. The number of hydrogen-bond acceptors (Lipinski definition) is 7. The number of carbonyl (C=O) groups excluding carboxylic acids is 1. The number of hydrogen-bond donors (Lipinski definition) is 0. The number of ether oxygens (including phenoxy) is 3. The molecule has 0 aliphatic carbocycles. The molecule has 0 fully saturated rings. The van der Waals surface area contributed by atoms with Crippen LogP contribution in [0.3, 0.4) is 0 Å². The third kappa shape index (κ3) is 3.99. The van der Waals surface area contributed by atoms with Gasteiger partial charge in [0.1, 0.15) is 11.3 Å². The Morgan fingerprint density at radius 3 is 2.79 bits per heavy atom. The number of nitrogens with zero attached hydrogens (tertiary/aromatic N) is 3. The van der Waals surface area contributed by atoms with Crippen LogP contribution in [0.1, 0.15) is 16.8 Å². The number of aromatic nitrogens is 1. The Bertz CT molecular complexity index is 1030. The van der Waals surface area contributed by atoms with E-state index < -0.39 is 0 Å². The van der Waals surface area contributed by atoms with Gasteiger partial charge in [0, 0.05) is 12.1 Å². The zero-order valence-corrected chi connectivity index (χ0v) is 17.5. The number of fused-ring (bicyclic) bond motifs is 2. The van der Waals surface area contributed by atoms with Crippen LogP contribution in [0, 0.1) is 0 Å². The van der Waals surface area contributed by atoms with E-state index in [1.807, 2.05) is 32.3 Å². The van der Waals surface area contributed by atoms with Gasteiger partial charge in [-0.2, -0.15) is 0 Å². The van der Waals surface area contributed by atoms with Crippen molar-refractivity contribution in [1.29, 1.82) is 0 Å². The number of amides is 1. The molecule has 4 rings (SSSR count). The average molecular weight is 413 g/mol. The Balaban J connectivity index is 1.68. The number of rotatable bonds is 7. The van der Waals surface area contributed by atoms with Gasteiger partial charge in [-0.05, 0) is 57.4 Å². The van der Waals surface area contributed by atoms with Crippen LogP contribution < -0.4 is 19.1 Å². The molecule has 8 heteroatoms. The molecule has 0 saturated heterocycles. The molecule has 1 aliphatic heterocycles. The van der Waals surface area contributed by atoms with E-state index in [2.05, 4.69) is 4.90 Å². The molecule has 2 aromatic carbocycles. The molecule has 152 valence electrons. The third-order valence-electron chi connectivity index (χ3n) is 4.67. The number of thiazole rings is 1. The van der Waals surface area contributed by atoms with Gasteiger partial charge in [0.2, 0.25) is 6.79 Å². The van der Waals surface area contributed by atoms with Crippen molar-refractivity contribution in [3.63, 3.8) is 0 Å². The molecular formula is C21H23N3O4S. The predicted molar refractivity (Wildman–Crippen MR) is 114 cm³/mol. The first-order valence-corrected chi connectivity index (χ1v) is 10.2. The Morgan fingerprint density at radius 1 is 1.17 bits per heavy atom. The van der Waals surface area contributed by atoms with Gasteiger partial charge in [-0.1, -0.05) is 17.4 Å². The number of anilines is 1. The van der Waals surface area contributed by atoms with Crippen molar-refractivity contribution in [2.45, 2.75) is 6.42 Å². The van der Waals surface area contributed by atoms with Crippen LogP contribution in [0.5, 0.6) is 17.2 Å². The van der Waals surface area contributed by atoms with Gasteiger partial charge in [0.15, 0.2) is 16.6 Å². The summed E-state index contributed by atoms with van der Waals surface area (Å²) in [5.74, 6) is 1.84. The fourth-order valence-electron chi connectivity index (χ4n) is 3.21. The van der Waals surface area contributed by atoms with Gasteiger partial charge in [-0.25, -0.2) is 4.98 Å². The lowest BCUT2D eigenvalue weighted by molar-refractivity contribution is 0.0985. The van der Waals surface area contributed by atoms with E-state index in [4.69, 9.17) is 19.2 Å². The highest BCUT2D eigenvalue weighted by Gasteiger charge is 2.24. The van der Waals surface area contributed by atoms with Crippen LogP contribution in [-0.4, -0.2) is 56.9 Å². The first-order chi connectivity index (χ1) is 14.1. The summed E-state index contributed by atoms with van der Waals surface area (Å²) in [5, 5.41) is 0.658. The third-order valence-corrected chi connectivity index (χ3v) is 5.72. The van der Waals surface area contributed by atoms with Crippen LogP contribution in [0.15, 0.2) is 36.4 Å². The van der Waals surface area contributed by atoms with E-state index in [9.17, 15) is 4.79 Å². The fraction of sp³-hybridized carbons (Fsp3) is 0.333. The number of methoxy groups -OCH3 is 1. The van der Waals surface area contributed by atoms with Crippen molar-refractivity contribution in [2.24, 2.45) is 0 Å². The van der Waals surface area contributed by atoms with Gasteiger partial charge in [0.25, 0.3) is 5.91 Å². The first kappa shape index (κ1) is 19.5. The van der Waals surface area contributed by atoms with Gasteiger partial charge in [0.05, 0.1) is 11.8 Å². The molecular weight excluding hydrogens is 390 g/mol. The summed E-state index contributed by atoms with van der Waals surface area (Å²) < 4.78 is 17.2. The summed E-state index contributed by atoms with van der Waals surface area (Å²) in [4.78, 5) is 22.0. The van der Waals surface area contributed by atoms with E-state index in [0.717, 1.165) is 23.2 Å². The fourth-order valence-corrected chi connectivity index (χ4v) is 4.21. The maximum absolute atomic E-state index is 13.4. The highest BCUT2D eigenvalue weighted by atomic mass is 32.1. The lowest BCUT2D eigenvalue weighted by Gasteiger charge is -2.21. The van der Waals surface area contributed by atoms with Crippen molar-refractivity contribution in [3.8, 4) is 17.2 Å². The molecule has 2 heterocycles. The molecule has 0 spiro atoms. The van der Waals surface area contributed by atoms with Crippen molar-refractivity contribution in [2.75, 3.05) is 46.0 Å². The molecule has 7 nitrogen and oxygen atoms in total. The molecule has 1 amide bonds. The summed E-state index contributed by atoms with van der Waals surface area (Å²) >= 11 is 1.49. The van der Waals surface area contributed by atoms with Gasteiger partial charge in [-0.3, -0.25) is 9.69 Å².